The van der Waals surface area contributed by atoms with Crippen molar-refractivity contribution in [3.63, 3.8) is 0 Å². The standard InChI is InChI=1S/C16H22N4/c1-15(2,19-10-4-5-11-19)13-17-18-14(16(3)8-9-16)20(13)12-6-7-12/h4-5,10-12H,6-9H2,1-3H3. The van der Waals surface area contributed by atoms with Crippen LogP contribution in [0.3, 0.4) is 0 Å². The van der Waals surface area contributed by atoms with Gasteiger partial charge in [-0.1, -0.05) is 6.92 Å². The second kappa shape index (κ2) is 3.74. The number of nitrogens with zero attached hydrogens (tertiary/aromatic N) is 4. The first kappa shape index (κ1) is 12.2. The molecule has 0 spiro atoms. The van der Waals surface area contributed by atoms with Crippen molar-refractivity contribution in [3.8, 4) is 0 Å². The van der Waals surface area contributed by atoms with Gasteiger partial charge in [-0.3, -0.25) is 0 Å². The molecule has 2 aromatic rings. The Hall–Kier alpha value is -1.58. The minimum atomic E-state index is -0.150. The van der Waals surface area contributed by atoms with Gasteiger partial charge < -0.3 is 9.13 Å². The van der Waals surface area contributed by atoms with Crippen molar-refractivity contribution >= 4 is 0 Å². The molecule has 2 saturated carbocycles. The Morgan fingerprint density at radius 2 is 1.80 bits per heavy atom. The second-order valence-corrected chi connectivity index (χ2v) is 7.16. The summed E-state index contributed by atoms with van der Waals surface area (Å²) in [6.45, 7) is 6.78. The molecule has 0 atom stereocenters. The van der Waals surface area contributed by atoms with Crippen molar-refractivity contribution in [1.82, 2.24) is 19.3 Å². The number of rotatable bonds is 4. The summed E-state index contributed by atoms with van der Waals surface area (Å²) in [7, 11) is 0. The van der Waals surface area contributed by atoms with E-state index < -0.39 is 0 Å². The largest absolute Gasteiger partial charge is 0.342 e. The first-order chi connectivity index (χ1) is 9.52. The van der Waals surface area contributed by atoms with Gasteiger partial charge in [-0.2, -0.15) is 0 Å². The van der Waals surface area contributed by atoms with Crippen molar-refractivity contribution in [2.75, 3.05) is 0 Å². The highest BCUT2D eigenvalue weighted by molar-refractivity contribution is 5.23. The van der Waals surface area contributed by atoms with Gasteiger partial charge in [-0.05, 0) is 51.7 Å². The zero-order chi connectivity index (χ0) is 14.0. The quantitative estimate of drug-likeness (QED) is 0.855. The molecule has 0 aliphatic heterocycles. The molecular formula is C16H22N4. The average Bonchev–Trinajstić information content (AvgIpc) is 3.27. The highest BCUT2D eigenvalue weighted by Gasteiger charge is 2.47. The maximum absolute atomic E-state index is 4.60. The maximum atomic E-state index is 4.60. The van der Waals surface area contributed by atoms with Gasteiger partial charge >= 0.3 is 0 Å². The fourth-order valence-corrected chi connectivity index (χ4v) is 3.03. The van der Waals surface area contributed by atoms with Crippen LogP contribution < -0.4 is 0 Å². The predicted molar refractivity (Wildman–Crippen MR) is 77.7 cm³/mol. The van der Waals surface area contributed by atoms with Crippen LogP contribution in [0, 0.1) is 0 Å². The van der Waals surface area contributed by atoms with Crippen molar-refractivity contribution in [2.24, 2.45) is 0 Å². The molecule has 2 aliphatic carbocycles. The SMILES string of the molecule is CC1(c2nnc(C(C)(C)n3cccc3)n2C2CC2)CC1. The molecule has 0 radical (unpaired) electrons. The lowest BCUT2D eigenvalue weighted by Crippen LogP contribution is -2.31. The van der Waals surface area contributed by atoms with Crippen LogP contribution in [0.2, 0.25) is 0 Å². The summed E-state index contributed by atoms with van der Waals surface area (Å²) < 4.78 is 4.68. The number of hydrogen-bond acceptors (Lipinski definition) is 2. The summed E-state index contributed by atoms with van der Waals surface area (Å²) in [6, 6.07) is 4.77. The molecule has 0 amide bonds. The van der Waals surface area contributed by atoms with Crippen LogP contribution in [-0.4, -0.2) is 19.3 Å². The molecule has 0 saturated heterocycles. The van der Waals surface area contributed by atoms with Gasteiger partial charge in [0.2, 0.25) is 0 Å². The molecule has 2 heterocycles. The van der Waals surface area contributed by atoms with E-state index in [1.165, 1.54) is 31.5 Å². The van der Waals surface area contributed by atoms with Crippen LogP contribution in [0.4, 0.5) is 0 Å². The van der Waals surface area contributed by atoms with Crippen molar-refractivity contribution in [2.45, 2.75) is 63.5 Å². The van der Waals surface area contributed by atoms with E-state index in [-0.39, 0.29) is 11.0 Å². The summed E-state index contributed by atoms with van der Waals surface area (Å²) in [4.78, 5) is 0. The van der Waals surface area contributed by atoms with Gasteiger partial charge in [-0.15, -0.1) is 10.2 Å². The molecular weight excluding hydrogens is 248 g/mol. The first-order valence-electron chi connectivity index (χ1n) is 7.62. The van der Waals surface area contributed by atoms with Gasteiger partial charge in [0, 0.05) is 23.9 Å². The third kappa shape index (κ3) is 1.67. The molecule has 0 bridgehead atoms. The van der Waals surface area contributed by atoms with Gasteiger partial charge in [0.05, 0.1) is 5.54 Å². The molecule has 0 unspecified atom stereocenters. The molecule has 106 valence electrons. The smallest absolute Gasteiger partial charge is 0.159 e. The van der Waals surface area contributed by atoms with E-state index in [2.05, 4.69) is 64.6 Å². The highest BCUT2D eigenvalue weighted by Crippen LogP contribution is 2.50. The summed E-state index contributed by atoms with van der Waals surface area (Å²) in [6.07, 6.45) is 9.28. The molecule has 0 N–H and O–H groups in total. The Labute approximate surface area is 119 Å². The lowest BCUT2D eigenvalue weighted by molar-refractivity contribution is 0.385. The molecule has 4 heteroatoms. The third-order valence-corrected chi connectivity index (χ3v) is 4.94. The normalized spacial score (nSPS) is 21.1. The number of hydrogen-bond donors (Lipinski definition) is 0. The Kier molecular flexibility index (Phi) is 2.28. The minimum Gasteiger partial charge on any atom is -0.342 e. The van der Waals surface area contributed by atoms with E-state index >= 15 is 0 Å². The van der Waals surface area contributed by atoms with Crippen LogP contribution in [0.25, 0.3) is 0 Å². The highest BCUT2D eigenvalue weighted by atomic mass is 15.3. The summed E-state index contributed by atoms with van der Waals surface area (Å²) in [5, 5.41) is 9.19. The predicted octanol–water partition coefficient (Wildman–Crippen LogP) is 3.25. The van der Waals surface area contributed by atoms with Crippen LogP contribution in [0.1, 0.15) is 64.1 Å². The minimum absolute atomic E-state index is 0.150. The first-order valence-corrected chi connectivity index (χ1v) is 7.62. The van der Waals surface area contributed by atoms with Crippen LogP contribution in [0.5, 0.6) is 0 Å². The van der Waals surface area contributed by atoms with Gasteiger partial charge in [0.1, 0.15) is 5.82 Å². The summed E-state index contributed by atoms with van der Waals surface area (Å²) in [5.74, 6) is 2.33. The molecule has 20 heavy (non-hydrogen) atoms. The third-order valence-electron chi connectivity index (χ3n) is 4.94. The molecule has 4 nitrogen and oxygen atoms in total. The molecule has 2 aliphatic rings. The fourth-order valence-electron chi connectivity index (χ4n) is 3.03. The lowest BCUT2D eigenvalue weighted by Gasteiger charge is -2.27. The van der Waals surface area contributed by atoms with Crippen LogP contribution >= 0.6 is 0 Å². The Morgan fingerprint density at radius 1 is 1.15 bits per heavy atom. The van der Waals surface area contributed by atoms with Crippen molar-refractivity contribution in [3.05, 3.63) is 36.2 Å². The average molecular weight is 270 g/mol. The lowest BCUT2D eigenvalue weighted by atomic mass is 10.0. The van der Waals surface area contributed by atoms with Crippen molar-refractivity contribution < 1.29 is 0 Å². The van der Waals surface area contributed by atoms with E-state index in [4.69, 9.17) is 0 Å². The Morgan fingerprint density at radius 3 is 2.35 bits per heavy atom. The fraction of sp³-hybridized carbons (Fsp3) is 0.625. The molecule has 2 fully saturated rings. The molecule has 0 aromatic carbocycles. The molecule has 2 aromatic heterocycles. The van der Waals surface area contributed by atoms with Crippen LogP contribution in [-0.2, 0) is 11.0 Å². The van der Waals surface area contributed by atoms with Gasteiger partial charge in [0.15, 0.2) is 5.82 Å². The van der Waals surface area contributed by atoms with Crippen LogP contribution in [0.15, 0.2) is 24.5 Å². The zero-order valence-electron chi connectivity index (χ0n) is 12.5. The van der Waals surface area contributed by atoms with E-state index in [9.17, 15) is 0 Å². The summed E-state index contributed by atoms with van der Waals surface area (Å²) >= 11 is 0. The topological polar surface area (TPSA) is 35.6 Å². The van der Waals surface area contributed by atoms with E-state index in [1.807, 2.05) is 0 Å². The second-order valence-electron chi connectivity index (χ2n) is 7.16. The Bertz CT molecular complexity index is 627. The van der Waals surface area contributed by atoms with E-state index in [0.717, 1.165) is 5.82 Å². The summed E-state index contributed by atoms with van der Waals surface area (Å²) in [5.41, 5.74) is 0.128. The maximum Gasteiger partial charge on any atom is 0.159 e. The monoisotopic (exact) mass is 270 g/mol. The van der Waals surface area contributed by atoms with Gasteiger partial charge in [0.25, 0.3) is 0 Å². The van der Waals surface area contributed by atoms with E-state index in [0.29, 0.717) is 6.04 Å². The zero-order valence-corrected chi connectivity index (χ0v) is 12.5. The van der Waals surface area contributed by atoms with Gasteiger partial charge in [-0.25, -0.2) is 0 Å². The Balaban J connectivity index is 1.84. The van der Waals surface area contributed by atoms with E-state index in [1.54, 1.807) is 0 Å². The number of aromatic nitrogens is 4. The molecule has 4 rings (SSSR count). The van der Waals surface area contributed by atoms with Crippen molar-refractivity contribution in [1.29, 1.82) is 0 Å².